The number of nitrogens with one attached hydrogen (secondary N) is 1. The van der Waals surface area contributed by atoms with E-state index in [2.05, 4.69) is 26.4 Å². The van der Waals surface area contributed by atoms with E-state index in [-0.39, 0.29) is 18.4 Å². The number of ether oxygens (including phenoxy) is 1. The predicted molar refractivity (Wildman–Crippen MR) is 113 cm³/mol. The van der Waals surface area contributed by atoms with Gasteiger partial charge in [0.15, 0.2) is 5.82 Å². The molecule has 9 heteroatoms. The minimum absolute atomic E-state index is 0.0609. The molecule has 1 aromatic heterocycles. The van der Waals surface area contributed by atoms with E-state index in [0.717, 1.165) is 10.0 Å². The second-order valence-corrected chi connectivity index (χ2v) is 7.61. The van der Waals surface area contributed by atoms with Crippen LogP contribution in [-0.2, 0) is 9.59 Å². The Morgan fingerprint density at radius 1 is 1.28 bits per heavy atom. The Morgan fingerprint density at radius 2 is 2.03 bits per heavy atom. The fraction of sp³-hybridized carbons (Fsp3) is 0.350. The number of rotatable bonds is 6. The number of benzene rings is 1. The van der Waals surface area contributed by atoms with E-state index in [1.54, 1.807) is 37.2 Å². The van der Waals surface area contributed by atoms with Gasteiger partial charge < -0.3 is 19.5 Å². The molecule has 1 aliphatic heterocycles. The number of methoxy groups -OCH3 is 1. The Bertz CT molecular complexity index is 904. The van der Waals surface area contributed by atoms with Crippen LogP contribution in [0.15, 0.2) is 39.3 Å². The van der Waals surface area contributed by atoms with Crippen LogP contribution in [0.4, 0.5) is 5.82 Å². The van der Waals surface area contributed by atoms with Crippen molar-refractivity contribution in [2.45, 2.75) is 6.92 Å². The molecule has 29 heavy (non-hydrogen) atoms. The molecular weight excluding hydrogens is 440 g/mol. The molecule has 3 rings (SSSR count). The molecule has 2 aromatic rings. The number of carbonyl (C=O) groups excluding carboxylic acids is 2. The zero-order valence-electron chi connectivity index (χ0n) is 16.4. The monoisotopic (exact) mass is 462 g/mol. The maximum absolute atomic E-state index is 12.5. The van der Waals surface area contributed by atoms with Crippen LogP contribution < -0.4 is 10.1 Å². The van der Waals surface area contributed by atoms with Crippen molar-refractivity contribution in [1.29, 1.82) is 0 Å². The lowest BCUT2D eigenvalue weighted by atomic mass is 10.2. The standard InChI is InChI=1S/C20H23BrN4O4/c1-14-11-18(23-29-14)22-19(26)13-24-7-9-25(10-8-24)20(27)6-3-15-12-16(21)4-5-17(15)28-2/h3-6,11-12H,7-10,13H2,1-2H3,(H,22,23,26)/b6-3+. The zero-order valence-corrected chi connectivity index (χ0v) is 17.9. The van der Waals surface area contributed by atoms with Crippen molar-refractivity contribution in [2.24, 2.45) is 0 Å². The quantitative estimate of drug-likeness (QED) is 0.663. The van der Waals surface area contributed by atoms with Crippen LogP contribution in [0, 0.1) is 6.92 Å². The van der Waals surface area contributed by atoms with Crippen LogP contribution in [0.3, 0.4) is 0 Å². The first-order valence-electron chi connectivity index (χ1n) is 9.20. The van der Waals surface area contributed by atoms with Gasteiger partial charge >= 0.3 is 0 Å². The largest absolute Gasteiger partial charge is 0.496 e. The molecule has 0 spiro atoms. The topological polar surface area (TPSA) is 87.9 Å². The van der Waals surface area contributed by atoms with E-state index < -0.39 is 0 Å². The van der Waals surface area contributed by atoms with Crippen molar-refractivity contribution in [1.82, 2.24) is 15.0 Å². The summed E-state index contributed by atoms with van der Waals surface area (Å²) in [5, 5.41) is 6.45. The van der Waals surface area contributed by atoms with Crippen molar-refractivity contribution in [2.75, 3.05) is 45.2 Å². The van der Waals surface area contributed by atoms with Crippen molar-refractivity contribution in [3.63, 3.8) is 0 Å². The first kappa shape index (κ1) is 21.1. The minimum atomic E-state index is -0.153. The highest BCUT2D eigenvalue weighted by atomic mass is 79.9. The van der Waals surface area contributed by atoms with E-state index in [4.69, 9.17) is 9.26 Å². The number of piperazine rings is 1. The first-order chi connectivity index (χ1) is 13.9. The molecule has 154 valence electrons. The Balaban J connectivity index is 1.48. The Labute approximate surface area is 177 Å². The van der Waals surface area contributed by atoms with Gasteiger partial charge in [-0.05, 0) is 31.2 Å². The van der Waals surface area contributed by atoms with Gasteiger partial charge in [-0.15, -0.1) is 0 Å². The lowest BCUT2D eigenvalue weighted by Crippen LogP contribution is -2.50. The molecule has 2 heterocycles. The fourth-order valence-electron chi connectivity index (χ4n) is 3.04. The molecule has 0 unspecified atom stereocenters. The summed E-state index contributed by atoms with van der Waals surface area (Å²) in [4.78, 5) is 28.4. The summed E-state index contributed by atoms with van der Waals surface area (Å²) in [6.45, 7) is 4.40. The normalized spacial score (nSPS) is 14.9. The van der Waals surface area contributed by atoms with E-state index >= 15 is 0 Å². The number of nitrogens with zero attached hydrogens (tertiary/aromatic N) is 3. The lowest BCUT2D eigenvalue weighted by molar-refractivity contribution is -0.127. The van der Waals surface area contributed by atoms with E-state index in [1.807, 2.05) is 23.1 Å². The fourth-order valence-corrected chi connectivity index (χ4v) is 3.42. The third-order valence-corrected chi connectivity index (χ3v) is 5.04. The van der Waals surface area contributed by atoms with Gasteiger partial charge in [0.05, 0.1) is 13.7 Å². The molecule has 0 bridgehead atoms. The molecule has 2 amide bonds. The number of carbonyl (C=O) groups is 2. The Hall–Kier alpha value is -2.65. The summed E-state index contributed by atoms with van der Waals surface area (Å²) >= 11 is 3.43. The number of halogens is 1. The van der Waals surface area contributed by atoms with Crippen LogP contribution in [0.25, 0.3) is 6.08 Å². The summed E-state index contributed by atoms with van der Waals surface area (Å²) in [6, 6.07) is 7.30. The van der Waals surface area contributed by atoms with Crippen molar-refractivity contribution in [3.05, 3.63) is 46.1 Å². The molecule has 1 saturated heterocycles. The van der Waals surface area contributed by atoms with Crippen LogP contribution in [-0.4, -0.2) is 66.6 Å². The lowest BCUT2D eigenvalue weighted by Gasteiger charge is -2.33. The maximum atomic E-state index is 12.5. The van der Waals surface area contributed by atoms with Gasteiger partial charge in [0.1, 0.15) is 11.5 Å². The summed E-state index contributed by atoms with van der Waals surface area (Å²) < 4.78 is 11.2. The van der Waals surface area contributed by atoms with Gasteiger partial charge in [-0.2, -0.15) is 0 Å². The van der Waals surface area contributed by atoms with Gasteiger partial charge in [-0.1, -0.05) is 21.1 Å². The number of aryl methyl sites for hydroxylation is 1. The third-order valence-electron chi connectivity index (χ3n) is 4.54. The molecule has 8 nitrogen and oxygen atoms in total. The molecule has 1 aromatic carbocycles. The number of aromatic nitrogens is 1. The predicted octanol–water partition coefficient (Wildman–Crippen LogP) is 2.55. The summed E-state index contributed by atoms with van der Waals surface area (Å²) in [7, 11) is 1.60. The summed E-state index contributed by atoms with van der Waals surface area (Å²) in [5.41, 5.74) is 0.827. The molecule has 0 saturated carbocycles. The number of anilines is 1. The van der Waals surface area contributed by atoms with Crippen LogP contribution in [0.5, 0.6) is 5.75 Å². The average Bonchev–Trinajstić information content (AvgIpc) is 3.11. The zero-order chi connectivity index (χ0) is 20.8. The molecular formula is C20H23BrN4O4. The second-order valence-electron chi connectivity index (χ2n) is 6.69. The SMILES string of the molecule is COc1ccc(Br)cc1/C=C/C(=O)N1CCN(CC(=O)Nc2cc(C)on2)CC1. The third kappa shape index (κ3) is 5.91. The molecule has 0 atom stereocenters. The summed E-state index contributed by atoms with van der Waals surface area (Å²) in [5.74, 6) is 1.54. The van der Waals surface area contributed by atoms with Gasteiger partial charge in [0, 0.05) is 48.4 Å². The van der Waals surface area contributed by atoms with Crippen LogP contribution >= 0.6 is 15.9 Å². The highest BCUT2D eigenvalue weighted by Crippen LogP contribution is 2.24. The summed E-state index contributed by atoms with van der Waals surface area (Å²) in [6.07, 6.45) is 3.31. The number of hydrogen-bond donors (Lipinski definition) is 1. The highest BCUT2D eigenvalue weighted by Gasteiger charge is 2.21. The van der Waals surface area contributed by atoms with Crippen LogP contribution in [0.2, 0.25) is 0 Å². The molecule has 1 fully saturated rings. The highest BCUT2D eigenvalue weighted by molar-refractivity contribution is 9.10. The van der Waals surface area contributed by atoms with E-state index in [1.165, 1.54) is 0 Å². The first-order valence-corrected chi connectivity index (χ1v) is 10.00. The minimum Gasteiger partial charge on any atom is -0.496 e. The average molecular weight is 463 g/mol. The van der Waals surface area contributed by atoms with E-state index in [9.17, 15) is 9.59 Å². The molecule has 1 N–H and O–H groups in total. The smallest absolute Gasteiger partial charge is 0.246 e. The number of amides is 2. The van der Waals surface area contributed by atoms with Gasteiger partial charge in [0.2, 0.25) is 11.8 Å². The van der Waals surface area contributed by atoms with Gasteiger partial charge in [0.25, 0.3) is 0 Å². The number of hydrogen-bond acceptors (Lipinski definition) is 6. The maximum Gasteiger partial charge on any atom is 0.246 e. The van der Waals surface area contributed by atoms with Crippen LogP contribution in [0.1, 0.15) is 11.3 Å². The Morgan fingerprint density at radius 3 is 2.69 bits per heavy atom. The van der Waals surface area contributed by atoms with Gasteiger partial charge in [-0.3, -0.25) is 14.5 Å². The van der Waals surface area contributed by atoms with E-state index in [0.29, 0.717) is 43.5 Å². The molecule has 0 aliphatic carbocycles. The molecule has 0 radical (unpaired) electrons. The van der Waals surface area contributed by atoms with Gasteiger partial charge in [-0.25, -0.2) is 0 Å². The molecule has 1 aliphatic rings. The van der Waals surface area contributed by atoms with Crippen molar-refractivity contribution >= 4 is 39.6 Å². The second kappa shape index (κ2) is 9.71. The van der Waals surface area contributed by atoms with Crippen molar-refractivity contribution in [3.8, 4) is 5.75 Å². The Kier molecular flexibility index (Phi) is 7.05. The van der Waals surface area contributed by atoms with Crippen molar-refractivity contribution < 1.29 is 18.8 Å².